The molecule has 3 aromatic heterocycles. The maximum Gasteiger partial charge on any atom is 0.254 e. The third-order valence-electron chi connectivity index (χ3n) is 7.91. The summed E-state index contributed by atoms with van der Waals surface area (Å²) in [5.74, 6) is -0.397. The minimum Gasteiger partial charge on any atom is -0.382 e. The third-order valence-corrected chi connectivity index (χ3v) is 7.91. The number of aryl methyl sites for hydroxylation is 1. The molecule has 1 saturated heterocycles. The molecule has 0 saturated carbocycles. The van der Waals surface area contributed by atoms with Gasteiger partial charge in [0.2, 0.25) is 0 Å². The quantitative estimate of drug-likeness (QED) is 0.349. The Bertz CT molecular complexity index is 1760. The number of carbonyl (C=O) groups is 1. The second kappa shape index (κ2) is 9.44. The van der Waals surface area contributed by atoms with Crippen molar-refractivity contribution in [2.45, 2.75) is 45.2 Å². The van der Waals surface area contributed by atoms with Crippen molar-refractivity contribution in [3.05, 3.63) is 65.7 Å². The van der Waals surface area contributed by atoms with Gasteiger partial charge >= 0.3 is 0 Å². The lowest BCUT2D eigenvalue weighted by atomic mass is 10.0. The Morgan fingerprint density at radius 3 is 2.88 bits per heavy atom. The zero-order valence-corrected chi connectivity index (χ0v) is 22.1. The lowest BCUT2D eigenvalue weighted by molar-refractivity contribution is 0.0606. The molecule has 0 radical (unpaired) electrons. The molecule has 2 aliphatic rings. The SMILES string of the molecule is CCn1cc(Cn2c(-c3cc4cccc5c4n3CCN5)nc3cc(C(=O)N4C[C@H](N)C[C@@H](F)C4)cc(F)c32)cn1. The van der Waals surface area contributed by atoms with Crippen molar-refractivity contribution in [3.8, 4) is 11.5 Å². The van der Waals surface area contributed by atoms with Crippen LogP contribution in [0, 0.1) is 5.82 Å². The number of hydrogen-bond acceptors (Lipinski definition) is 5. The Labute approximate surface area is 229 Å². The topological polar surface area (TPSA) is 98.9 Å². The molecule has 1 fully saturated rings. The van der Waals surface area contributed by atoms with Crippen molar-refractivity contribution in [3.63, 3.8) is 0 Å². The minimum atomic E-state index is -1.20. The standard InChI is InChI=1S/C29H30F2N8O/c1-2-37-13-17(12-34-37)14-39-27-22(31)8-19(29(40)36-15-20(30)11-21(32)16-36)9-24(27)35-28(39)25-10-18-4-3-5-23-26(18)38(25)7-6-33-23/h3-5,8-10,12-13,20-21,33H,2,6-7,11,14-16,32H2,1H3/t20-,21-/m1/s1. The van der Waals surface area contributed by atoms with Crippen molar-refractivity contribution < 1.29 is 13.6 Å². The van der Waals surface area contributed by atoms with E-state index in [1.54, 1.807) is 12.3 Å². The lowest BCUT2D eigenvalue weighted by Crippen LogP contribution is -2.50. The number of piperidine rings is 1. The molecule has 0 bridgehead atoms. The molecular weight excluding hydrogens is 514 g/mol. The number of fused-ring (bicyclic) bond motifs is 1. The number of halogens is 2. The van der Waals surface area contributed by atoms with Crippen LogP contribution in [0.4, 0.5) is 14.5 Å². The molecule has 2 aliphatic heterocycles. The van der Waals surface area contributed by atoms with E-state index in [2.05, 4.69) is 33.2 Å². The number of aromatic nitrogens is 5. The van der Waals surface area contributed by atoms with E-state index in [4.69, 9.17) is 10.7 Å². The van der Waals surface area contributed by atoms with Gasteiger partial charge in [-0.15, -0.1) is 0 Å². The first-order chi connectivity index (χ1) is 19.4. The number of likely N-dealkylation sites (tertiary alicyclic amines) is 1. The number of nitrogens with zero attached hydrogens (tertiary/aromatic N) is 6. The van der Waals surface area contributed by atoms with Crippen LogP contribution in [0.25, 0.3) is 33.5 Å². The fourth-order valence-corrected chi connectivity index (χ4v) is 6.14. The van der Waals surface area contributed by atoms with Crippen LogP contribution in [0.3, 0.4) is 0 Å². The van der Waals surface area contributed by atoms with Gasteiger partial charge in [0.25, 0.3) is 5.91 Å². The summed E-state index contributed by atoms with van der Waals surface area (Å²) in [6, 6.07) is 10.6. The summed E-state index contributed by atoms with van der Waals surface area (Å²) in [6.07, 6.45) is 2.74. The van der Waals surface area contributed by atoms with Gasteiger partial charge in [-0.25, -0.2) is 13.8 Å². The average Bonchev–Trinajstić information content (AvgIpc) is 3.65. The van der Waals surface area contributed by atoms with Gasteiger partial charge in [-0.2, -0.15) is 5.10 Å². The van der Waals surface area contributed by atoms with Crippen LogP contribution in [0.15, 0.2) is 48.8 Å². The number of nitrogens with two attached hydrogens (primary N) is 1. The Hall–Kier alpha value is -4.25. The summed E-state index contributed by atoms with van der Waals surface area (Å²) < 4.78 is 36.1. The van der Waals surface area contributed by atoms with Crippen LogP contribution < -0.4 is 11.1 Å². The molecule has 2 atom stereocenters. The highest BCUT2D eigenvalue weighted by Gasteiger charge is 2.30. The maximum absolute atomic E-state index is 16.0. The summed E-state index contributed by atoms with van der Waals surface area (Å²) in [7, 11) is 0. The van der Waals surface area contributed by atoms with E-state index in [1.165, 1.54) is 11.0 Å². The molecule has 11 heteroatoms. The Morgan fingerprint density at radius 2 is 2.08 bits per heavy atom. The number of benzene rings is 2. The molecule has 0 aliphatic carbocycles. The fraction of sp³-hybridized carbons (Fsp3) is 0.345. The average molecular weight is 545 g/mol. The highest BCUT2D eigenvalue weighted by Crippen LogP contribution is 2.36. The van der Waals surface area contributed by atoms with Crippen LogP contribution in [0.1, 0.15) is 29.3 Å². The monoisotopic (exact) mass is 544 g/mol. The van der Waals surface area contributed by atoms with Gasteiger partial charge in [0.05, 0.1) is 41.7 Å². The number of imidazole rings is 1. The molecule has 40 heavy (non-hydrogen) atoms. The fourth-order valence-electron chi connectivity index (χ4n) is 6.14. The van der Waals surface area contributed by atoms with E-state index >= 15 is 4.39 Å². The molecular formula is C29H30F2N8O. The van der Waals surface area contributed by atoms with E-state index in [0.29, 0.717) is 23.4 Å². The van der Waals surface area contributed by atoms with Crippen LogP contribution in [-0.4, -0.2) is 66.6 Å². The molecule has 2 aromatic carbocycles. The van der Waals surface area contributed by atoms with E-state index < -0.39 is 23.9 Å². The van der Waals surface area contributed by atoms with E-state index in [0.717, 1.165) is 47.5 Å². The number of amides is 1. The van der Waals surface area contributed by atoms with Gasteiger partial charge in [-0.3, -0.25) is 9.48 Å². The number of para-hydroxylation sites is 1. The van der Waals surface area contributed by atoms with Crippen molar-refractivity contribution in [1.82, 2.24) is 28.8 Å². The number of rotatable bonds is 5. The summed E-state index contributed by atoms with van der Waals surface area (Å²) in [4.78, 5) is 19.6. The van der Waals surface area contributed by atoms with Crippen molar-refractivity contribution in [2.24, 2.45) is 5.73 Å². The van der Waals surface area contributed by atoms with Gasteiger partial charge < -0.3 is 25.1 Å². The highest BCUT2D eigenvalue weighted by molar-refractivity contribution is 5.99. The number of carbonyl (C=O) groups excluding carboxylic acids is 1. The maximum atomic E-state index is 16.0. The second-order valence-corrected chi connectivity index (χ2v) is 10.7. The summed E-state index contributed by atoms with van der Waals surface area (Å²) >= 11 is 0. The Morgan fingerprint density at radius 1 is 1.20 bits per heavy atom. The third kappa shape index (κ3) is 4.03. The molecule has 5 heterocycles. The lowest BCUT2D eigenvalue weighted by Gasteiger charge is -2.33. The highest BCUT2D eigenvalue weighted by atomic mass is 19.1. The van der Waals surface area contributed by atoms with Gasteiger partial charge in [-0.05, 0) is 37.6 Å². The minimum absolute atomic E-state index is 0.0518. The zero-order chi connectivity index (χ0) is 27.5. The molecule has 5 aromatic rings. The number of anilines is 1. The van der Waals surface area contributed by atoms with E-state index in [1.807, 2.05) is 28.4 Å². The first-order valence-corrected chi connectivity index (χ1v) is 13.7. The summed E-state index contributed by atoms with van der Waals surface area (Å²) in [5.41, 5.74) is 10.7. The second-order valence-electron chi connectivity index (χ2n) is 10.7. The van der Waals surface area contributed by atoms with Gasteiger partial charge in [0.15, 0.2) is 5.82 Å². The number of hydrogen-bond donors (Lipinski definition) is 2. The number of alkyl halides is 1. The van der Waals surface area contributed by atoms with Gasteiger partial charge in [-0.1, -0.05) is 12.1 Å². The number of nitrogens with one attached hydrogen (secondary N) is 1. The molecule has 206 valence electrons. The molecule has 9 nitrogen and oxygen atoms in total. The van der Waals surface area contributed by atoms with Crippen molar-refractivity contribution in [1.29, 1.82) is 0 Å². The molecule has 7 rings (SSSR count). The smallest absolute Gasteiger partial charge is 0.254 e. The summed E-state index contributed by atoms with van der Waals surface area (Å²) in [6.45, 7) is 4.77. The van der Waals surface area contributed by atoms with E-state index in [-0.39, 0.29) is 25.1 Å². The first kappa shape index (κ1) is 24.8. The predicted molar refractivity (Wildman–Crippen MR) is 150 cm³/mol. The largest absolute Gasteiger partial charge is 0.382 e. The van der Waals surface area contributed by atoms with E-state index in [9.17, 15) is 9.18 Å². The van der Waals surface area contributed by atoms with Crippen LogP contribution in [0.2, 0.25) is 0 Å². The van der Waals surface area contributed by atoms with Gasteiger partial charge in [0.1, 0.15) is 17.5 Å². The van der Waals surface area contributed by atoms with Crippen molar-refractivity contribution in [2.75, 3.05) is 25.0 Å². The predicted octanol–water partition coefficient (Wildman–Crippen LogP) is 4.00. The van der Waals surface area contributed by atoms with Crippen LogP contribution >= 0.6 is 0 Å². The van der Waals surface area contributed by atoms with Crippen LogP contribution in [-0.2, 0) is 19.6 Å². The molecule has 0 spiro atoms. The Kier molecular flexibility index (Phi) is 5.85. The zero-order valence-electron chi connectivity index (χ0n) is 22.1. The first-order valence-electron chi connectivity index (χ1n) is 13.7. The summed E-state index contributed by atoms with van der Waals surface area (Å²) in [5, 5.41) is 8.91. The normalized spacial score (nSPS) is 18.9. The molecule has 0 unspecified atom stereocenters. The molecule has 1 amide bonds. The van der Waals surface area contributed by atoms with Crippen LogP contribution in [0.5, 0.6) is 0 Å². The molecule has 3 N–H and O–H groups in total. The van der Waals surface area contributed by atoms with Gasteiger partial charge in [0, 0.05) is 54.9 Å². The van der Waals surface area contributed by atoms with Crippen molar-refractivity contribution >= 4 is 33.5 Å². The Balaban J connectivity index is 1.39.